The van der Waals surface area contributed by atoms with E-state index in [9.17, 15) is 0 Å². The summed E-state index contributed by atoms with van der Waals surface area (Å²) in [7, 11) is 1.94. The summed E-state index contributed by atoms with van der Waals surface area (Å²) in [6.45, 7) is 0. The van der Waals surface area contributed by atoms with Crippen LogP contribution in [0.15, 0.2) is 11.8 Å². The van der Waals surface area contributed by atoms with Crippen molar-refractivity contribution in [3.63, 3.8) is 0 Å². The largest absolute Gasteiger partial charge is 0.394 e. The monoisotopic (exact) mass is 180 g/mol. The summed E-state index contributed by atoms with van der Waals surface area (Å²) in [4.78, 5) is 0. The minimum Gasteiger partial charge on any atom is -0.394 e. The SMILES string of the molecule is CN/C=C1/CCCCCCC1C=N. The normalized spacial score (nSPS) is 27.8. The highest BCUT2D eigenvalue weighted by Crippen LogP contribution is 2.25. The number of hydrogen-bond acceptors (Lipinski definition) is 2. The first kappa shape index (κ1) is 10.3. The molecule has 0 amide bonds. The lowest BCUT2D eigenvalue weighted by atomic mass is 9.88. The van der Waals surface area contributed by atoms with Crippen molar-refractivity contribution in [2.45, 2.75) is 38.5 Å². The van der Waals surface area contributed by atoms with Gasteiger partial charge in [-0.1, -0.05) is 19.3 Å². The van der Waals surface area contributed by atoms with Crippen molar-refractivity contribution in [3.05, 3.63) is 11.8 Å². The van der Waals surface area contributed by atoms with Crippen LogP contribution in [0, 0.1) is 11.3 Å². The quantitative estimate of drug-likeness (QED) is 0.630. The van der Waals surface area contributed by atoms with Crippen LogP contribution in [0.5, 0.6) is 0 Å². The van der Waals surface area contributed by atoms with Gasteiger partial charge in [0.2, 0.25) is 0 Å². The molecule has 0 bridgehead atoms. The molecular formula is C11H20N2. The maximum Gasteiger partial charge on any atom is 0.0162 e. The molecule has 0 aromatic carbocycles. The fourth-order valence-electron chi connectivity index (χ4n) is 1.97. The minimum absolute atomic E-state index is 0.396. The lowest BCUT2D eigenvalue weighted by Crippen LogP contribution is -2.11. The zero-order valence-electron chi connectivity index (χ0n) is 8.47. The van der Waals surface area contributed by atoms with Crippen molar-refractivity contribution in [2.24, 2.45) is 5.92 Å². The predicted molar refractivity (Wildman–Crippen MR) is 57.1 cm³/mol. The molecule has 1 fully saturated rings. The van der Waals surface area contributed by atoms with Gasteiger partial charge in [0.05, 0.1) is 0 Å². The van der Waals surface area contributed by atoms with Crippen LogP contribution in [0.25, 0.3) is 0 Å². The van der Waals surface area contributed by atoms with Crippen molar-refractivity contribution >= 4 is 6.21 Å². The highest BCUT2D eigenvalue weighted by Gasteiger charge is 2.13. The maximum atomic E-state index is 7.38. The Morgan fingerprint density at radius 1 is 1.31 bits per heavy atom. The molecule has 0 aromatic heterocycles. The van der Waals surface area contributed by atoms with Crippen LogP contribution < -0.4 is 5.32 Å². The molecule has 1 saturated carbocycles. The molecule has 2 N–H and O–H groups in total. The van der Waals surface area contributed by atoms with Gasteiger partial charge in [0.15, 0.2) is 0 Å². The maximum absolute atomic E-state index is 7.38. The average molecular weight is 180 g/mol. The van der Waals surface area contributed by atoms with Crippen molar-refractivity contribution in [2.75, 3.05) is 7.05 Å². The van der Waals surface area contributed by atoms with Crippen LogP contribution in [0.4, 0.5) is 0 Å². The molecule has 1 aliphatic carbocycles. The molecular weight excluding hydrogens is 160 g/mol. The van der Waals surface area contributed by atoms with Crippen LogP contribution in [-0.4, -0.2) is 13.3 Å². The van der Waals surface area contributed by atoms with E-state index in [1.807, 2.05) is 7.05 Å². The van der Waals surface area contributed by atoms with Crippen LogP contribution in [-0.2, 0) is 0 Å². The van der Waals surface area contributed by atoms with Gasteiger partial charge >= 0.3 is 0 Å². The Morgan fingerprint density at radius 3 is 2.77 bits per heavy atom. The molecule has 1 aliphatic rings. The fraction of sp³-hybridized carbons (Fsp3) is 0.727. The second kappa shape index (κ2) is 5.79. The molecule has 0 aliphatic heterocycles. The molecule has 2 nitrogen and oxygen atoms in total. The van der Waals surface area contributed by atoms with Crippen LogP contribution in [0.3, 0.4) is 0 Å². The Labute approximate surface area is 80.9 Å². The smallest absolute Gasteiger partial charge is 0.0162 e. The molecule has 1 atom stereocenters. The second-order valence-electron chi connectivity index (χ2n) is 3.73. The van der Waals surface area contributed by atoms with Gasteiger partial charge in [-0.2, -0.15) is 0 Å². The van der Waals surface area contributed by atoms with Crippen LogP contribution in [0.2, 0.25) is 0 Å². The van der Waals surface area contributed by atoms with Crippen LogP contribution in [0.1, 0.15) is 38.5 Å². The Hall–Kier alpha value is -0.790. The Bertz CT molecular complexity index is 185. The third kappa shape index (κ3) is 3.21. The standard InChI is InChI=1S/C11H20N2/c1-13-9-11-7-5-3-2-4-6-10(11)8-12/h8-10,12-13H,2-7H2,1H3/b11-9-,12-8?. The summed E-state index contributed by atoms with van der Waals surface area (Å²) < 4.78 is 0. The van der Waals surface area contributed by atoms with Gasteiger partial charge in [-0.05, 0) is 31.0 Å². The van der Waals surface area contributed by atoms with E-state index in [2.05, 4.69) is 11.5 Å². The zero-order valence-corrected chi connectivity index (χ0v) is 8.47. The van der Waals surface area contributed by atoms with Crippen LogP contribution >= 0.6 is 0 Å². The van der Waals surface area contributed by atoms with E-state index in [4.69, 9.17) is 5.41 Å². The molecule has 1 unspecified atom stereocenters. The molecule has 2 heteroatoms. The third-order valence-corrected chi connectivity index (χ3v) is 2.74. The van der Waals surface area contributed by atoms with Gasteiger partial charge < -0.3 is 10.7 Å². The Kier molecular flexibility index (Phi) is 4.58. The summed E-state index contributed by atoms with van der Waals surface area (Å²) in [5, 5.41) is 10.5. The van der Waals surface area contributed by atoms with Gasteiger partial charge in [0.25, 0.3) is 0 Å². The lowest BCUT2D eigenvalue weighted by molar-refractivity contribution is 0.529. The summed E-state index contributed by atoms with van der Waals surface area (Å²) in [6, 6.07) is 0. The third-order valence-electron chi connectivity index (χ3n) is 2.74. The number of nitrogens with one attached hydrogen (secondary N) is 2. The van der Waals surface area contributed by atoms with E-state index in [0.717, 1.165) is 6.42 Å². The number of hydrogen-bond donors (Lipinski definition) is 2. The first-order chi connectivity index (χ1) is 6.38. The van der Waals surface area contributed by atoms with Crippen molar-refractivity contribution in [1.29, 1.82) is 5.41 Å². The minimum atomic E-state index is 0.396. The van der Waals surface area contributed by atoms with Gasteiger partial charge in [-0.25, -0.2) is 0 Å². The van der Waals surface area contributed by atoms with Crippen molar-refractivity contribution in [3.8, 4) is 0 Å². The molecule has 0 heterocycles. The van der Waals surface area contributed by atoms with E-state index in [1.165, 1.54) is 37.7 Å². The zero-order chi connectivity index (χ0) is 9.52. The summed E-state index contributed by atoms with van der Waals surface area (Å²) in [6.07, 6.45) is 11.3. The van der Waals surface area contributed by atoms with Crippen molar-refractivity contribution in [1.82, 2.24) is 5.32 Å². The van der Waals surface area contributed by atoms with E-state index in [0.29, 0.717) is 5.92 Å². The Morgan fingerprint density at radius 2 is 2.08 bits per heavy atom. The first-order valence-corrected chi connectivity index (χ1v) is 5.25. The van der Waals surface area contributed by atoms with Gasteiger partial charge in [-0.3, -0.25) is 0 Å². The van der Waals surface area contributed by atoms with Gasteiger partial charge in [-0.15, -0.1) is 0 Å². The topological polar surface area (TPSA) is 35.9 Å². The number of rotatable bonds is 2. The number of allylic oxidation sites excluding steroid dienone is 1. The molecule has 74 valence electrons. The summed E-state index contributed by atoms with van der Waals surface area (Å²) in [5.41, 5.74) is 1.41. The molecule has 1 rings (SSSR count). The molecule has 0 radical (unpaired) electrons. The molecule has 0 aromatic rings. The predicted octanol–water partition coefficient (Wildman–Crippen LogP) is 2.71. The molecule has 0 saturated heterocycles. The summed E-state index contributed by atoms with van der Waals surface area (Å²) >= 11 is 0. The Balaban J connectivity index is 2.60. The van der Waals surface area contributed by atoms with E-state index in [-0.39, 0.29) is 0 Å². The second-order valence-corrected chi connectivity index (χ2v) is 3.73. The highest BCUT2D eigenvalue weighted by atomic mass is 14.8. The molecule has 13 heavy (non-hydrogen) atoms. The summed E-state index contributed by atoms with van der Waals surface area (Å²) in [5.74, 6) is 0.396. The van der Waals surface area contributed by atoms with Gasteiger partial charge in [0.1, 0.15) is 0 Å². The fourth-order valence-corrected chi connectivity index (χ4v) is 1.97. The van der Waals surface area contributed by atoms with Crippen molar-refractivity contribution < 1.29 is 0 Å². The van der Waals surface area contributed by atoms with E-state index >= 15 is 0 Å². The average Bonchev–Trinajstić information content (AvgIpc) is 2.10. The molecule has 0 spiro atoms. The van der Waals surface area contributed by atoms with E-state index in [1.54, 1.807) is 6.21 Å². The lowest BCUT2D eigenvalue weighted by Gasteiger charge is -2.19. The first-order valence-electron chi connectivity index (χ1n) is 5.25. The highest BCUT2D eigenvalue weighted by molar-refractivity contribution is 5.61. The van der Waals surface area contributed by atoms with E-state index < -0.39 is 0 Å². The van der Waals surface area contributed by atoms with Gasteiger partial charge in [0, 0.05) is 19.2 Å².